The molecule has 0 amide bonds. The molecule has 0 saturated carbocycles. The fourth-order valence-corrected chi connectivity index (χ4v) is 2.92. The Labute approximate surface area is 114 Å². The molecule has 1 aliphatic heterocycles. The third-order valence-corrected chi connectivity index (χ3v) is 4.00. The van der Waals surface area contributed by atoms with E-state index < -0.39 is 0 Å². The fraction of sp³-hybridized carbons (Fsp3) is 1.00. The summed E-state index contributed by atoms with van der Waals surface area (Å²) in [5, 5.41) is 3.61. The molecule has 0 aromatic carbocycles. The zero-order chi connectivity index (χ0) is 13.1. The molecule has 1 aliphatic rings. The summed E-state index contributed by atoms with van der Waals surface area (Å²) >= 11 is 0. The minimum absolute atomic E-state index is 0.491. The van der Waals surface area contributed by atoms with Gasteiger partial charge in [-0.2, -0.15) is 0 Å². The highest BCUT2D eigenvalue weighted by atomic mass is 16.5. The average molecular weight is 255 g/mol. The molecule has 2 unspecified atom stereocenters. The topological polar surface area (TPSA) is 21.3 Å². The van der Waals surface area contributed by atoms with Gasteiger partial charge in [-0.15, -0.1) is 0 Å². The van der Waals surface area contributed by atoms with Crippen molar-refractivity contribution in [3.8, 4) is 0 Å². The molecule has 0 aromatic heterocycles. The van der Waals surface area contributed by atoms with Crippen molar-refractivity contribution in [3.63, 3.8) is 0 Å². The molecule has 1 fully saturated rings. The minimum atomic E-state index is 0.491. The smallest absolute Gasteiger partial charge is 0.0728 e. The largest absolute Gasteiger partial charge is 0.377 e. The molecule has 0 spiro atoms. The monoisotopic (exact) mass is 255 g/mol. The van der Waals surface area contributed by atoms with Crippen LogP contribution in [-0.4, -0.2) is 25.3 Å². The Hall–Kier alpha value is -0.0800. The summed E-state index contributed by atoms with van der Waals surface area (Å²) in [6, 6.07) is 0.605. The van der Waals surface area contributed by atoms with Crippen LogP contribution in [0.2, 0.25) is 0 Å². The highest BCUT2D eigenvalue weighted by Crippen LogP contribution is 2.20. The van der Waals surface area contributed by atoms with Crippen LogP contribution in [0.15, 0.2) is 0 Å². The summed E-state index contributed by atoms with van der Waals surface area (Å²) in [6.45, 7) is 6.53. The molecule has 0 aromatic rings. The van der Waals surface area contributed by atoms with E-state index in [0.717, 1.165) is 13.2 Å². The lowest BCUT2D eigenvalue weighted by atomic mass is 10.00. The maximum absolute atomic E-state index is 5.82. The quantitative estimate of drug-likeness (QED) is 0.556. The Balaban J connectivity index is 2.02. The number of nitrogens with one attached hydrogen (secondary N) is 1. The molecule has 0 aliphatic carbocycles. The second-order valence-electron chi connectivity index (χ2n) is 5.63. The van der Waals surface area contributed by atoms with Gasteiger partial charge in [-0.3, -0.25) is 0 Å². The van der Waals surface area contributed by atoms with Crippen molar-refractivity contribution >= 4 is 0 Å². The van der Waals surface area contributed by atoms with Gasteiger partial charge < -0.3 is 10.1 Å². The molecule has 0 radical (unpaired) electrons. The number of rotatable bonds is 11. The van der Waals surface area contributed by atoms with E-state index in [1.54, 1.807) is 0 Å². The predicted molar refractivity (Wildman–Crippen MR) is 79.0 cm³/mol. The lowest BCUT2D eigenvalue weighted by Gasteiger charge is -2.23. The van der Waals surface area contributed by atoms with E-state index in [2.05, 4.69) is 19.2 Å². The van der Waals surface area contributed by atoms with E-state index in [9.17, 15) is 0 Å². The van der Waals surface area contributed by atoms with Gasteiger partial charge in [0.15, 0.2) is 0 Å². The molecular weight excluding hydrogens is 222 g/mol. The lowest BCUT2D eigenvalue weighted by Crippen LogP contribution is -2.39. The first-order chi connectivity index (χ1) is 8.88. The van der Waals surface area contributed by atoms with Gasteiger partial charge in [0.2, 0.25) is 0 Å². The van der Waals surface area contributed by atoms with Gasteiger partial charge >= 0.3 is 0 Å². The molecule has 1 rings (SSSR count). The first-order valence-electron chi connectivity index (χ1n) is 8.23. The minimum Gasteiger partial charge on any atom is -0.377 e. The Morgan fingerprint density at radius 2 is 1.78 bits per heavy atom. The standard InChI is InChI=1S/C16H33NO/c1-3-5-6-7-8-9-10-12-15(17-4-2)16-13-11-14-18-16/h15-17H,3-14H2,1-2H3. The summed E-state index contributed by atoms with van der Waals surface area (Å²) in [6.07, 6.45) is 14.1. The molecular formula is C16H33NO. The molecule has 2 atom stereocenters. The van der Waals surface area contributed by atoms with Crippen LogP contribution in [0.25, 0.3) is 0 Å². The Morgan fingerprint density at radius 3 is 2.39 bits per heavy atom. The van der Waals surface area contributed by atoms with Crippen molar-refractivity contribution in [1.82, 2.24) is 5.32 Å². The van der Waals surface area contributed by atoms with Crippen LogP contribution in [0.5, 0.6) is 0 Å². The molecule has 1 N–H and O–H groups in total. The molecule has 18 heavy (non-hydrogen) atoms. The highest BCUT2D eigenvalue weighted by Gasteiger charge is 2.24. The van der Waals surface area contributed by atoms with Crippen molar-refractivity contribution in [2.45, 2.75) is 90.2 Å². The van der Waals surface area contributed by atoms with E-state index in [-0.39, 0.29) is 0 Å². The number of hydrogen-bond acceptors (Lipinski definition) is 2. The summed E-state index contributed by atoms with van der Waals surface area (Å²) in [5.74, 6) is 0. The lowest BCUT2D eigenvalue weighted by molar-refractivity contribution is 0.0752. The SMILES string of the molecule is CCCCCCCCCC(NCC)C1CCCO1. The molecule has 108 valence electrons. The number of likely N-dealkylation sites (N-methyl/N-ethyl adjacent to an activating group) is 1. The average Bonchev–Trinajstić information content (AvgIpc) is 2.90. The second-order valence-corrected chi connectivity index (χ2v) is 5.63. The van der Waals surface area contributed by atoms with Gasteiger partial charge in [-0.1, -0.05) is 58.8 Å². The van der Waals surface area contributed by atoms with Crippen molar-refractivity contribution in [3.05, 3.63) is 0 Å². The van der Waals surface area contributed by atoms with Gasteiger partial charge in [0.05, 0.1) is 6.10 Å². The summed E-state index contributed by atoms with van der Waals surface area (Å²) in [7, 11) is 0. The maximum atomic E-state index is 5.82. The van der Waals surface area contributed by atoms with Gasteiger partial charge in [0.25, 0.3) is 0 Å². The van der Waals surface area contributed by atoms with Crippen LogP contribution in [0, 0.1) is 0 Å². The maximum Gasteiger partial charge on any atom is 0.0728 e. The molecule has 2 nitrogen and oxygen atoms in total. The van der Waals surface area contributed by atoms with Crippen LogP contribution in [0.1, 0.15) is 78.1 Å². The molecule has 1 saturated heterocycles. The third-order valence-electron chi connectivity index (χ3n) is 4.00. The van der Waals surface area contributed by atoms with E-state index in [0.29, 0.717) is 12.1 Å². The van der Waals surface area contributed by atoms with E-state index in [1.165, 1.54) is 64.2 Å². The molecule has 0 bridgehead atoms. The summed E-state index contributed by atoms with van der Waals surface area (Å²) in [5.41, 5.74) is 0. The number of ether oxygens (including phenoxy) is 1. The van der Waals surface area contributed by atoms with Gasteiger partial charge in [0, 0.05) is 12.6 Å². The summed E-state index contributed by atoms with van der Waals surface area (Å²) in [4.78, 5) is 0. The predicted octanol–water partition coefficient (Wildman–Crippen LogP) is 4.28. The molecule has 1 heterocycles. The van der Waals surface area contributed by atoms with Crippen molar-refractivity contribution < 1.29 is 4.74 Å². The van der Waals surface area contributed by atoms with Crippen LogP contribution in [0.4, 0.5) is 0 Å². The molecule has 2 heteroatoms. The zero-order valence-corrected chi connectivity index (χ0v) is 12.5. The van der Waals surface area contributed by atoms with Crippen LogP contribution >= 0.6 is 0 Å². The van der Waals surface area contributed by atoms with E-state index in [1.807, 2.05) is 0 Å². The van der Waals surface area contributed by atoms with Crippen LogP contribution in [-0.2, 0) is 4.74 Å². The summed E-state index contributed by atoms with van der Waals surface area (Å²) < 4.78 is 5.82. The Morgan fingerprint density at radius 1 is 1.06 bits per heavy atom. The Bertz CT molecular complexity index is 178. The van der Waals surface area contributed by atoms with E-state index >= 15 is 0 Å². The van der Waals surface area contributed by atoms with E-state index in [4.69, 9.17) is 4.74 Å². The normalized spacial score (nSPS) is 21.3. The Kier molecular flexibility index (Phi) is 9.59. The fourth-order valence-electron chi connectivity index (χ4n) is 2.92. The first kappa shape index (κ1) is 16.0. The second kappa shape index (κ2) is 10.8. The van der Waals surface area contributed by atoms with Gasteiger partial charge in [0.1, 0.15) is 0 Å². The van der Waals surface area contributed by atoms with Crippen molar-refractivity contribution in [2.24, 2.45) is 0 Å². The van der Waals surface area contributed by atoms with Crippen LogP contribution in [0.3, 0.4) is 0 Å². The van der Waals surface area contributed by atoms with Crippen molar-refractivity contribution in [1.29, 1.82) is 0 Å². The van der Waals surface area contributed by atoms with Gasteiger partial charge in [-0.25, -0.2) is 0 Å². The van der Waals surface area contributed by atoms with Crippen molar-refractivity contribution in [2.75, 3.05) is 13.2 Å². The number of unbranched alkanes of at least 4 members (excludes halogenated alkanes) is 6. The first-order valence-corrected chi connectivity index (χ1v) is 8.23. The number of hydrogen-bond donors (Lipinski definition) is 1. The van der Waals surface area contributed by atoms with Gasteiger partial charge in [-0.05, 0) is 25.8 Å². The highest BCUT2D eigenvalue weighted by molar-refractivity contribution is 4.80. The third kappa shape index (κ3) is 6.75. The van der Waals surface area contributed by atoms with Crippen LogP contribution < -0.4 is 5.32 Å². The zero-order valence-electron chi connectivity index (χ0n) is 12.5.